The van der Waals surface area contributed by atoms with Gasteiger partial charge in [0.2, 0.25) is 5.91 Å². The van der Waals surface area contributed by atoms with Gasteiger partial charge in [-0.2, -0.15) is 0 Å². The van der Waals surface area contributed by atoms with Crippen molar-refractivity contribution < 1.29 is 4.79 Å². The molecule has 1 aliphatic heterocycles. The van der Waals surface area contributed by atoms with Gasteiger partial charge in [0.15, 0.2) is 5.13 Å². The molecule has 1 fully saturated rings. The number of aromatic nitrogens is 1. The molecule has 114 valence electrons. The zero-order valence-corrected chi connectivity index (χ0v) is 13.3. The monoisotopic (exact) mass is 321 g/mol. The quantitative estimate of drug-likeness (QED) is 0.884. The third kappa shape index (κ3) is 3.36. The van der Waals surface area contributed by atoms with Crippen molar-refractivity contribution in [3.8, 4) is 35.3 Å². The minimum Gasteiger partial charge on any atom is -0.332 e. The molecule has 2 aromatic rings. The highest BCUT2D eigenvalue weighted by atomic mass is 32.1. The van der Waals surface area contributed by atoms with Crippen molar-refractivity contribution in [2.45, 2.75) is 6.42 Å². The Hall–Kier alpha value is -2.76. The average molecular weight is 321 g/mol. The van der Waals surface area contributed by atoms with Crippen molar-refractivity contribution in [1.29, 1.82) is 0 Å². The highest BCUT2D eigenvalue weighted by Crippen LogP contribution is 2.29. The maximum atomic E-state index is 12.2. The first-order valence-electron chi connectivity index (χ1n) is 7.24. The molecular weight excluding hydrogens is 306 g/mol. The summed E-state index contributed by atoms with van der Waals surface area (Å²) in [6.45, 7) is 1.37. The van der Waals surface area contributed by atoms with Gasteiger partial charge < -0.3 is 10.2 Å². The van der Waals surface area contributed by atoms with Crippen LogP contribution in [0.1, 0.15) is 12.0 Å². The smallest absolute Gasteiger partial charge is 0.231 e. The molecule has 23 heavy (non-hydrogen) atoms. The molecule has 0 spiro atoms. The first kappa shape index (κ1) is 15.1. The van der Waals surface area contributed by atoms with Gasteiger partial charge in [0.25, 0.3) is 0 Å². The largest absolute Gasteiger partial charge is 0.332 e. The van der Waals surface area contributed by atoms with Crippen molar-refractivity contribution in [2.75, 3.05) is 18.4 Å². The number of amides is 1. The molecule has 1 aliphatic rings. The van der Waals surface area contributed by atoms with E-state index >= 15 is 0 Å². The fraction of sp³-hybridized carbons (Fsp3) is 0.222. The molecule has 0 saturated carbocycles. The molecule has 2 heterocycles. The lowest BCUT2D eigenvalue weighted by Crippen LogP contribution is -2.25. The normalized spacial score (nSPS) is 16.6. The Morgan fingerprint density at radius 3 is 2.78 bits per heavy atom. The van der Waals surface area contributed by atoms with E-state index < -0.39 is 0 Å². The molecule has 0 aliphatic carbocycles. The predicted molar refractivity (Wildman–Crippen MR) is 92.6 cm³/mol. The van der Waals surface area contributed by atoms with Crippen LogP contribution < -0.4 is 5.32 Å². The van der Waals surface area contributed by atoms with Crippen LogP contribution in [-0.4, -0.2) is 28.9 Å². The van der Waals surface area contributed by atoms with Crippen LogP contribution in [0.25, 0.3) is 10.4 Å². The van der Waals surface area contributed by atoms with Gasteiger partial charge in [0, 0.05) is 30.9 Å². The Balaban J connectivity index is 1.66. The van der Waals surface area contributed by atoms with Crippen molar-refractivity contribution >= 4 is 22.4 Å². The van der Waals surface area contributed by atoms with Crippen LogP contribution in [0.2, 0.25) is 0 Å². The lowest BCUT2D eigenvalue weighted by Gasteiger charge is -2.09. The first-order valence-corrected chi connectivity index (χ1v) is 8.06. The Morgan fingerprint density at radius 2 is 2.13 bits per heavy atom. The molecule has 0 unspecified atom stereocenters. The molecule has 1 saturated heterocycles. The minimum atomic E-state index is -0.0756. The number of likely N-dealkylation sites (tertiary alicyclic amines) is 1. The van der Waals surface area contributed by atoms with E-state index in [-0.39, 0.29) is 11.8 Å². The second-order valence-electron chi connectivity index (χ2n) is 5.30. The summed E-state index contributed by atoms with van der Waals surface area (Å²) in [4.78, 5) is 19.3. The lowest BCUT2D eigenvalue weighted by atomic mass is 10.1. The number of nitrogens with one attached hydrogen (secondary N) is 1. The van der Waals surface area contributed by atoms with Gasteiger partial charge in [0.1, 0.15) is 0 Å². The molecule has 3 rings (SSSR count). The standard InChI is InChI=1S/C18H15N3OS/c1-3-13-5-7-14(8-6-13)16-11-19-18(23-16)20-17(22)15-9-10-21(4-2)12-15/h1-2,5-8,11,15H,9-10,12H2,(H,19,20,22)/t15-/m0/s1. The number of rotatable bonds is 3. The predicted octanol–water partition coefficient (Wildman–Crippen LogP) is 2.64. The minimum absolute atomic E-state index is 0.0219. The van der Waals surface area contributed by atoms with E-state index in [1.165, 1.54) is 11.3 Å². The topological polar surface area (TPSA) is 45.2 Å². The van der Waals surface area contributed by atoms with Gasteiger partial charge in [-0.3, -0.25) is 4.79 Å². The second-order valence-corrected chi connectivity index (χ2v) is 6.33. The SMILES string of the molecule is C#Cc1ccc(-c2cnc(NC(=O)[C@H]3CCN(C#C)C3)s2)cc1. The molecule has 1 aromatic carbocycles. The summed E-state index contributed by atoms with van der Waals surface area (Å²) in [5.41, 5.74) is 1.87. The van der Waals surface area contributed by atoms with Crippen LogP contribution in [0.4, 0.5) is 5.13 Å². The van der Waals surface area contributed by atoms with Crippen LogP contribution in [0.15, 0.2) is 30.5 Å². The summed E-state index contributed by atoms with van der Waals surface area (Å²) in [5.74, 6) is 2.49. The average Bonchev–Trinajstić information content (AvgIpc) is 3.24. The Labute approximate surface area is 139 Å². The van der Waals surface area contributed by atoms with Crippen molar-refractivity contribution in [2.24, 2.45) is 5.92 Å². The summed E-state index contributed by atoms with van der Waals surface area (Å²) in [6.07, 6.45) is 13.2. The molecule has 4 nitrogen and oxygen atoms in total. The van der Waals surface area contributed by atoms with Crippen LogP contribution in [-0.2, 0) is 4.79 Å². The van der Waals surface area contributed by atoms with Crippen LogP contribution in [0.3, 0.4) is 0 Å². The van der Waals surface area contributed by atoms with Gasteiger partial charge in [-0.1, -0.05) is 35.8 Å². The third-order valence-corrected chi connectivity index (χ3v) is 4.78. The molecule has 5 heteroatoms. The van der Waals surface area contributed by atoms with E-state index in [0.29, 0.717) is 11.7 Å². The maximum absolute atomic E-state index is 12.2. The van der Waals surface area contributed by atoms with Gasteiger partial charge in [0.05, 0.1) is 10.8 Å². The fourth-order valence-electron chi connectivity index (χ4n) is 2.50. The summed E-state index contributed by atoms with van der Waals surface area (Å²) in [6, 6.07) is 10.3. The Bertz CT molecular complexity index is 795. The number of hydrogen-bond acceptors (Lipinski definition) is 4. The van der Waals surface area contributed by atoms with E-state index in [1.807, 2.05) is 29.2 Å². The van der Waals surface area contributed by atoms with E-state index in [2.05, 4.69) is 22.3 Å². The Morgan fingerprint density at radius 1 is 1.35 bits per heavy atom. The highest BCUT2D eigenvalue weighted by molar-refractivity contribution is 7.19. The Kier molecular flexibility index (Phi) is 4.32. The van der Waals surface area contributed by atoms with Crippen molar-refractivity contribution in [3.63, 3.8) is 0 Å². The van der Waals surface area contributed by atoms with Gasteiger partial charge in [-0.15, -0.1) is 6.42 Å². The molecular formula is C18H15N3OS. The lowest BCUT2D eigenvalue weighted by molar-refractivity contribution is -0.119. The number of carbonyl (C=O) groups is 1. The highest BCUT2D eigenvalue weighted by Gasteiger charge is 2.27. The molecule has 1 N–H and O–H groups in total. The van der Waals surface area contributed by atoms with Crippen LogP contribution >= 0.6 is 11.3 Å². The third-order valence-electron chi connectivity index (χ3n) is 3.81. The summed E-state index contributed by atoms with van der Waals surface area (Å²) < 4.78 is 0. The number of anilines is 1. The fourth-order valence-corrected chi connectivity index (χ4v) is 3.32. The van der Waals surface area contributed by atoms with Gasteiger partial charge in [-0.05, 0) is 24.1 Å². The van der Waals surface area contributed by atoms with Gasteiger partial charge >= 0.3 is 0 Å². The zero-order chi connectivity index (χ0) is 16.2. The van der Waals surface area contributed by atoms with Crippen molar-refractivity contribution in [1.82, 2.24) is 9.88 Å². The molecule has 1 aromatic heterocycles. The number of terminal acetylenes is 2. The molecule has 0 bridgehead atoms. The van der Waals surface area contributed by atoms with Crippen LogP contribution in [0.5, 0.6) is 0 Å². The summed E-state index contributed by atoms with van der Waals surface area (Å²) in [5, 5.41) is 3.48. The number of nitrogens with zero attached hydrogens (tertiary/aromatic N) is 2. The van der Waals surface area contributed by atoms with E-state index in [1.54, 1.807) is 6.20 Å². The number of carbonyl (C=O) groups excluding carboxylic acids is 1. The van der Waals surface area contributed by atoms with Crippen molar-refractivity contribution in [3.05, 3.63) is 36.0 Å². The zero-order valence-electron chi connectivity index (χ0n) is 12.5. The van der Waals surface area contributed by atoms with Crippen LogP contribution in [0, 0.1) is 30.7 Å². The molecule has 1 amide bonds. The second kappa shape index (κ2) is 6.56. The summed E-state index contributed by atoms with van der Waals surface area (Å²) in [7, 11) is 0. The van der Waals surface area contributed by atoms with E-state index in [0.717, 1.165) is 29.0 Å². The molecule has 0 radical (unpaired) electrons. The van der Waals surface area contributed by atoms with Gasteiger partial charge in [-0.25, -0.2) is 4.98 Å². The first-order chi connectivity index (χ1) is 11.2. The maximum Gasteiger partial charge on any atom is 0.231 e. The number of benzene rings is 1. The molecule has 1 atom stereocenters. The summed E-state index contributed by atoms with van der Waals surface area (Å²) >= 11 is 1.44. The number of hydrogen-bond donors (Lipinski definition) is 1. The van der Waals surface area contributed by atoms with E-state index in [9.17, 15) is 4.79 Å². The number of thiazole rings is 1. The van der Waals surface area contributed by atoms with E-state index in [4.69, 9.17) is 12.8 Å².